The first-order valence-electron chi connectivity index (χ1n) is 8.16. The van der Waals surface area contributed by atoms with E-state index in [-0.39, 0.29) is 10.6 Å². The molecule has 0 aliphatic carbocycles. The molecule has 2 aromatic rings. The van der Waals surface area contributed by atoms with E-state index in [1.165, 1.54) is 12.1 Å². The van der Waals surface area contributed by atoms with Gasteiger partial charge in [0.15, 0.2) is 18.1 Å². The Labute approximate surface area is 156 Å². The molecule has 0 aromatic heterocycles. The van der Waals surface area contributed by atoms with Crippen LogP contribution in [0.25, 0.3) is 0 Å². The highest BCUT2D eigenvalue weighted by atomic mass is 35.5. The fourth-order valence-electron chi connectivity index (χ4n) is 2.46. The topological polar surface area (TPSA) is 73.9 Å². The molecule has 2 aromatic carbocycles. The number of carbonyl (C=O) groups is 2. The Kier molecular flexibility index (Phi) is 5.63. The maximum absolute atomic E-state index is 12.2. The Balaban J connectivity index is 1.63. The lowest BCUT2D eigenvalue weighted by atomic mass is 10.2. The van der Waals surface area contributed by atoms with Crippen molar-refractivity contribution in [3.05, 3.63) is 52.5 Å². The highest BCUT2D eigenvalue weighted by Gasteiger charge is 2.19. The third-order valence-corrected chi connectivity index (χ3v) is 4.07. The number of amides is 1. The van der Waals surface area contributed by atoms with E-state index in [1.54, 1.807) is 6.07 Å². The van der Waals surface area contributed by atoms with E-state index in [2.05, 4.69) is 5.32 Å². The maximum atomic E-state index is 12.2. The van der Waals surface area contributed by atoms with Crippen LogP contribution in [0.2, 0.25) is 5.02 Å². The molecule has 0 atom stereocenters. The smallest absolute Gasteiger partial charge is 0.338 e. The van der Waals surface area contributed by atoms with Crippen LogP contribution in [0.15, 0.2) is 36.4 Å². The lowest BCUT2D eigenvalue weighted by molar-refractivity contribution is -0.119. The molecule has 0 unspecified atom stereocenters. The number of carbonyl (C=O) groups excluding carboxylic acids is 2. The van der Waals surface area contributed by atoms with Gasteiger partial charge in [0.05, 0.1) is 23.8 Å². The van der Waals surface area contributed by atoms with Crippen LogP contribution < -0.4 is 14.8 Å². The number of hydrogen-bond donors (Lipinski definition) is 1. The minimum Gasteiger partial charge on any atom is -0.489 e. The molecule has 0 radical (unpaired) electrons. The van der Waals surface area contributed by atoms with Crippen LogP contribution in [0.5, 0.6) is 11.5 Å². The number of nitrogens with one attached hydrogen (secondary N) is 1. The van der Waals surface area contributed by atoms with Crippen LogP contribution in [0.4, 0.5) is 5.69 Å². The Hall–Kier alpha value is -2.73. The van der Waals surface area contributed by atoms with Gasteiger partial charge in [0.25, 0.3) is 5.91 Å². The van der Waals surface area contributed by atoms with Crippen molar-refractivity contribution in [1.82, 2.24) is 0 Å². The second-order valence-corrected chi connectivity index (χ2v) is 6.18. The van der Waals surface area contributed by atoms with Crippen molar-refractivity contribution in [3.63, 3.8) is 0 Å². The number of anilines is 1. The number of ether oxygens (including phenoxy) is 3. The number of aryl methyl sites for hydroxylation is 1. The summed E-state index contributed by atoms with van der Waals surface area (Å²) in [6.07, 6.45) is 0.726. The molecule has 0 saturated carbocycles. The Morgan fingerprint density at radius 1 is 1.19 bits per heavy atom. The molecule has 136 valence electrons. The SMILES string of the molecule is Cc1ccccc1NC(=O)COC(=O)c1cc(Cl)c2c(c1)OCCCO2. The van der Waals surface area contributed by atoms with Gasteiger partial charge in [-0.25, -0.2) is 4.79 Å². The summed E-state index contributed by atoms with van der Waals surface area (Å²) in [5, 5.41) is 2.96. The average Bonchev–Trinajstić information content (AvgIpc) is 2.87. The zero-order chi connectivity index (χ0) is 18.5. The number of benzene rings is 2. The van der Waals surface area contributed by atoms with E-state index in [9.17, 15) is 9.59 Å². The van der Waals surface area contributed by atoms with Crippen molar-refractivity contribution in [2.75, 3.05) is 25.1 Å². The van der Waals surface area contributed by atoms with E-state index in [0.717, 1.165) is 12.0 Å². The maximum Gasteiger partial charge on any atom is 0.338 e. The Morgan fingerprint density at radius 2 is 1.96 bits per heavy atom. The number of fused-ring (bicyclic) bond motifs is 1. The number of para-hydroxylation sites is 1. The number of esters is 1. The Morgan fingerprint density at radius 3 is 2.77 bits per heavy atom. The first-order valence-corrected chi connectivity index (χ1v) is 8.54. The summed E-state index contributed by atoms with van der Waals surface area (Å²) in [6.45, 7) is 2.44. The summed E-state index contributed by atoms with van der Waals surface area (Å²) in [5.74, 6) is -0.278. The Bertz CT molecular complexity index is 837. The number of rotatable bonds is 4. The molecule has 0 spiro atoms. The second-order valence-electron chi connectivity index (χ2n) is 5.78. The summed E-state index contributed by atoms with van der Waals surface area (Å²) in [4.78, 5) is 24.2. The van der Waals surface area contributed by atoms with Crippen LogP contribution in [0.1, 0.15) is 22.3 Å². The largest absolute Gasteiger partial charge is 0.489 e. The minimum atomic E-state index is -0.664. The van der Waals surface area contributed by atoms with Crippen LogP contribution in [0, 0.1) is 6.92 Å². The molecular weight excluding hydrogens is 358 g/mol. The lowest BCUT2D eigenvalue weighted by Gasteiger charge is -2.12. The van der Waals surface area contributed by atoms with Crippen molar-refractivity contribution in [2.45, 2.75) is 13.3 Å². The molecule has 1 aliphatic rings. The predicted molar refractivity (Wildman–Crippen MR) is 97.2 cm³/mol. The van der Waals surface area contributed by atoms with Crippen molar-refractivity contribution in [1.29, 1.82) is 0 Å². The van der Waals surface area contributed by atoms with Gasteiger partial charge in [-0.2, -0.15) is 0 Å². The molecule has 26 heavy (non-hydrogen) atoms. The molecular formula is C19H18ClNO5. The zero-order valence-electron chi connectivity index (χ0n) is 14.2. The van der Waals surface area contributed by atoms with Gasteiger partial charge in [0.1, 0.15) is 0 Å². The van der Waals surface area contributed by atoms with E-state index in [1.807, 2.05) is 25.1 Å². The lowest BCUT2D eigenvalue weighted by Crippen LogP contribution is -2.21. The fourth-order valence-corrected chi connectivity index (χ4v) is 2.73. The van der Waals surface area contributed by atoms with E-state index < -0.39 is 18.5 Å². The first-order chi connectivity index (χ1) is 12.5. The van der Waals surface area contributed by atoms with E-state index in [4.69, 9.17) is 25.8 Å². The third-order valence-electron chi connectivity index (χ3n) is 3.79. The normalized spacial score (nSPS) is 12.8. The van der Waals surface area contributed by atoms with Gasteiger partial charge in [-0.05, 0) is 30.7 Å². The van der Waals surface area contributed by atoms with Crippen LogP contribution >= 0.6 is 11.6 Å². The average molecular weight is 376 g/mol. The molecule has 1 heterocycles. The summed E-state index contributed by atoms with van der Waals surface area (Å²) in [6, 6.07) is 10.3. The first kappa shape index (κ1) is 18.1. The van der Waals surface area contributed by atoms with Gasteiger partial charge in [0, 0.05) is 12.1 Å². The molecule has 0 bridgehead atoms. The zero-order valence-corrected chi connectivity index (χ0v) is 15.0. The van der Waals surface area contributed by atoms with Crippen LogP contribution in [0.3, 0.4) is 0 Å². The third kappa shape index (κ3) is 4.26. The quantitative estimate of drug-likeness (QED) is 0.826. The summed E-state index contributed by atoms with van der Waals surface area (Å²) in [5.41, 5.74) is 1.79. The summed E-state index contributed by atoms with van der Waals surface area (Å²) >= 11 is 6.16. The monoisotopic (exact) mass is 375 g/mol. The molecule has 0 fully saturated rings. The minimum absolute atomic E-state index is 0.197. The highest BCUT2D eigenvalue weighted by Crippen LogP contribution is 2.38. The molecule has 0 saturated heterocycles. The molecule has 1 N–H and O–H groups in total. The molecule has 6 nitrogen and oxygen atoms in total. The number of hydrogen-bond acceptors (Lipinski definition) is 5. The van der Waals surface area contributed by atoms with Crippen LogP contribution in [-0.2, 0) is 9.53 Å². The van der Waals surface area contributed by atoms with Crippen molar-refractivity contribution in [3.8, 4) is 11.5 Å². The van der Waals surface area contributed by atoms with Crippen LogP contribution in [-0.4, -0.2) is 31.7 Å². The predicted octanol–water partition coefficient (Wildman–Crippen LogP) is 3.61. The van der Waals surface area contributed by atoms with Gasteiger partial charge in [0.2, 0.25) is 0 Å². The molecule has 3 rings (SSSR count). The van der Waals surface area contributed by atoms with Crippen molar-refractivity contribution < 1.29 is 23.8 Å². The molecule has 1 aliphatic heterocycles. The van der Waals surface area contributed by atoms with Crippen molar-refractivity contribution in [2.24, 2.45) is 0 Å². The van der Waals surface area contributed by atoms with Crippen molar-refractivity contribution >= 4 is 29.2 Å². The molecule has 1 amide bonds. The van der Waals surface area contributed by atoms with Gasteiger partial charge < -0.3 is 19.5 Å². The molecule has 7 heteroatoms. The van der Waals surface area contributed by atoms with Gasteiger partial charge in [-0.15, -0.1) is 0 Å². The van der Waals surface area contributed by atoms with E-state index in [0.29, 0.717) is 30.4 Å². The standard InChI is InChI=1S/C19H18ClNO5/c1-12-5-2-3-6-15(12)21-17(22)11-26-19(23)13-9-14(20)18-16(10-13)24-7-4-8-25-18/h2-3,5-6,9-10H,4,7-8,11H2,1H3,(H,21,22). The van der Waals surface area contributed by atoms with E-state index >= 15 is 0 Å². The van der Waals surface area contributed by atoms with Gasteiger partial charge >= 0.3 is 5.97 Å². The van der Waals surface area contributed by atoms with Gasteiger partial charge in [-0.3, -0.25) is 4.79 Å². The van der Waals surface area contributed by atoms with Gasteiger partial charge in [-0.1, -0.05) is 29.8 Å². The summed E-state index contributed by atoms with van der Waals surface area (Å²) < 4.78 is 16.1. The fraction of sp³-hybridized carbons (Fsp3) is 0.263. The number of halogens is 1. The highest BCUT2D eigenvalue weighted by molar-refractivity contribution is 6.32. The second kappa shape index (κ2) is 8.10. The summed E-state index contributed by atoms with van der Waals surface area (Å²) in [7, 11) is 0.